The Morgan fingerprint density at radius 3 is 2.90 bits per heavy atom. The van der Waals surface area contributed by atoms with Gasteiger partial charge in [-0.15, -0.1) is 0 Å². The first kappa shape index (κ1) is 7.64. The Balaban J connectivity index is 2.47. The third kappa shape index (κ3) is 1.76. The zero-order valence-corrected chi connectivity index (χ0v) is 6.89. The van der Waals surface area contributed by atoms with E-state index in [1.807, 2.05) is 6.26 Å². The standard InChI is InChI=1S/C9H16O/c1-8-5-3-4-6-9(8)7-10-2/h7-8H,3-6H2,1-2H3/b9-7+. The van der Waals surface area contributed by atoms with Crippen LogP contribution in [0.1, 0.15) is 32.6 Å². The molecule has 1 heteroatoms. The molecule has 0 aromatic carbocycles. The fourth-order valence-electron chi connectivity index (χ4n) is 1.54. The SMILES string of the molecule is CO/C=C1\CCCCC1C. The Kier molecular flexibility index (Phi) is 2.79. The first-order chi connectivity index (χ1) is 4.84. The number of ether oxygens (including phenoxy) is 1. The van der Waals surface area contributed by atoms with E-state index in [2.05, 4.69) is 6.92 Å². The van der Waals surface area contributed by atoms with Gasteiger partial charge in [0.2, 0.25) is 0 Å². The highest BCUT2D eigenvalue weighted by Gasteiger charge is 2.13. The van der Waals surface area contributed by atoms with Crippen LogP contribution in [0.5, 0.6) is 0 Å². The molecule has 0 aromatic rings. The Labute approximate surface area is 63.1 Å². The number of hydrogen-bond donors (Lipinski definition) is 0. The second-order valence-electron chi connectivity index (χ2n) is 3.08. The molecule has 0 radical (unpaired) electrons. The normalized spacial score (nSPS) is 30.6. The molecule has 1 fully saturated rings. The van der Waals surface area contributed by atoms with E-state index in [9.17, 15) is 0 Å². The largest absolute Gasteiger partial charge is 0.504 e. The topological polar surface area (TPSA) is 9.23 Å². The van der Waals surface area contributed by atoms with Crippen molar-refractivity contribution in [2.45, 2.75) is 32.6 Å². The van der Waals surface area contributed by atoms with Gasteiger partial charge in [-0.1, -0.05) is 13.3 Å². The monoisotopic (exact) mass is 140 g/mol. The summed E-state index contributed by atoms with van der Waals surface area (Å²) in [5.41, 5.74) is 1.49. The van der Waals surface area contributed by atoms with Gasteiger partial charge in [0.1, 0.15) is 0 Å². The van der Waals surface area contributed by atoms with Crippen LogP contribution in [0.2, 0.25) is 0 Å². The number of allylic oxidation sites excluding steroid dienone is 1. The zero-order chi connectivity index (χ0) is 7.40. The number of methoxy groups -OCH3 is 1. The summed E-state index contributed by atoms with van der Waals surface area (Å²) in [6, 6.07) is 0. The van der Waals surface area contributed by atoms with Gasteiger partial charge in [0.25, 0.3) is 0 Å². The summed E-state index contributed by atoms with van der Waals surface area (Å²) in [6.07, 6.45) is 7.25. The molecule has 1 saturated carbocycles. The van der Waals surface area contributed by atoms with Gasteiger partial charge in [-0.2, -0.15) is 0 Å². The molecular formula is C9H16O. The van der Waals surface area contributed by atoms with Crippen molar-refractivity contribution in [3.8, 4) is 0 Å². The Hall–Kier alpha value is -0.460. The molecule has 1 atom stereocenters. The third-order valence-corrected chi connectivity index (χ3v) is 2.25. The summed E-state index contributed by atoms with van der Waals surface area (Å²) in [5.74, 6) is 0.758. The molecule has 10 heavy (non-hydrogen) atoms. The lowest BCUT2D eigenvalue weighted by molar-refractivity contribution is 0.320. The summed E-state index contributed by atoms with van der Waals surface area (Å²) in [5, 5.41) is 0. The van der Waals surface area contributed by atoms with Gasteiger partial charge < -0.3 is 4.74 Å². The highest BCUT2D eigenvalue weighted by Crippen LogP contribution is 2.28. The van der Waals surface area contributed by atoms with Crippen LogP contribution >= 0.6 is 0 Å². The molecule has 1 aliphatic rings. The minimum Gasteiger partial charge on any atom is -0.504 e. The van der Waals surface area contributed by atoms with Gasteiger partial charge in [0.15, 0.2) is 0 Å². The average molecular weight is 140 g/mol. The first-order valence-electron chi connectivity index (χ1n) is 4.06. The van der Waals surface area contributed by atoms with E-state index in [1.165, 1.54) is 31.3 Å². The summed E-state index contributed by atoms with van der Waals surface area (Å²) in [4.78, 5) is 0. The second kappa shape index (κ2) is 3.65. The fourth-order valence-corrected chi connectivity index (χ4v) is 1.54. The first-order valence-corrected chi connectivity index (χ1v) is 4.06. The lowest BCUT2D eigenvalue weighted by Gasteiger charge is -2.20. The van der Waals surface area contributed by atoms with Gasteiger partial charge >= 0.3 is 0 Å². The summed E-state index contributed by atoms with van der Waals surface area (Å²) in [7, 11) is 1.73. The van der Waals surface area contributed by atoms with Crippen molar-refractivity contribution < 1.29 is 4.74 Å². The summed E-state index contributed by atoms with van der Waals surface area (Å²) in [6.45, 7) is 2.28. The van der Waals surface area contributed by atoms with Crippen LogP contribution in [0.15, 0.2) is 11.8 Å². The van der Waals surface area contributed by atoms with E-state index in [-0.39, 0.29) is 0 Å². The predicted molar refractivity (Wildman–Crippen MR) is 42.7 cm³/mol. The maximum atomic E-state index is 4.99. The lowest BCUT2D eigenvalue weighted by Crippen LogP contribution is -2.05. The van der Waals surface area contributed by atoms with Crippen LogP contribution in [0.3, 0.4) is 0 Å². The number of rotatable bonds is 1. The molecule has 1 rings (SSSR count). The van der Waals surface area contributed by atoms with Crippen molar-refractivity contribution in [2.24, 2.45) is 5.92 Å². The summed E-state index contributed by atoms with van der Waals surface area (Å²) >= 11 is 0. The van der Waals surface area contributed by atoms with Crippen LogP contribution in [-0.2, 0) is 4.74 Å². The molecule has 1 nitrogen and oxygen atoms in total. The van der Waals surface area contributed by atoms with Crippen LogP contribution < -0.4 is 0 Å². The second-order valence-corrected chi connectivity index (χ2v) is 3.08. The van der Waals surface area contributed by atoms with E-state index < -0.39 is 0 Å². The molecule has 0 amide bonds. The van der Waals surface area contributed by atoms with Gasteiger partial charge in [0, 0.05) is 0 Å². The molecule has 0 saturated heterocycles. The van der Waals surface area contributed by atoms with Gasteiger partial charge in [-0.25, -0.2) is 0 Å². The molecule has 58 valence electrons. The van der Waals surface area contributed by atoms with Crippen molar-refractivity contribution in [1.82, 2.24) is 0 Å². The van der Waals surface area contributed by atoms with E-state index in [4.69, 9.17) is 4.74 Å². The third-order valence-electron chi connectivity index (χ3n) is 2.25. The highest BCUT2D eigenvalue weighted by atomic mass is 16.5. The Morgan fingerprint density at radius 2 is 2.30 bits per heavy atom. The molecule has 0 N–H and O–H groups in total. The average Bonchev–Trinajstić information content (AvgIpc) is 1.94. The predicted octanol–water partition coefficient (Wildman–Crippen LogP) is 2.73. The maximum absolute atomic E-state index is 4.99. The fraction of sp³-hybridized carbons (Fsp3) is 0.778. The smallest absolute Gasteiger partial charge is 0.0819 e. The van der Waals surface area contributed by atoms with Crippen molar-refractivity contribution >= 4 is 0 Å². The minimum atomic E-state index is 0.758. The van der Waals surface area contributed by atoms with Crippen LogP contribution in [-0.4, -0.2) is 7.11 Å². The van der Waals surface area contributed by atoms with E-state index in [0.29, 0.717) is 0 Å². The summed E-state index contributed by atoms with van der Waals surface area (Å²) < 4.78 is 4.99. The molecule has 0 aliphatic heterocycles. The van der Waals surface area contributed by atoms with Gasteiger partial charge in [-0.05, 0) is 30.8 Å². The molecular weight excluding hydrogens is 124 g/mol. The van der Waals surface area contributed by atoms with Crippen molar-refractivity contribution in [3.05, 3.63) is 11.8 Å². The quantitative estimate of drug-likeness (QED) is 0.509. The van der Waals surface area contributed by atoms with Gasteiger partial charge in [0.05, 0.1) is 13.4 Å². The van der Waals surface area contributed by atoms with E-state index in [0.717, 1.165) is 5.92 Å². The van der Waals surface area contributed by atoms with Crippen molar-refractivity contribution in [2.75, 3.05) is 7.11 Å². The molecule has 0 spiro atoms. The highest BCUT2D eigenvalue weighted by molar-refractivity contribution is 5.04. The number of hydrogen-bond acceptors (Lipinski definition) is 1. The molecule has 0 bridgehead atoms. The van der Waals surface area contributed by atoms with Crippen molar-refractivity contribution in [3.63, 3.8) is 0 Å². The zero-order valence-electron chi connectivity index (χ0n) is 6.89. The van der Waals surface area contributed by atoms with Crippen LogP contribution in [0, 0.1) is 5.92 Å². The van der Waals surface area contributed by atoms with E-state index in [1.54, 1.807) is 7.11 Å². The molecule has 1 unspecified atom stereocenters. The molecule has 1 aliphatic carbocycles. The van der Waals surface area contributed by atoms with Crippen molar-refractivity contribution in [1.29, 1.82) is 0 Å². The van der Waals surface area contributed by atoms with E-state index >= 15 is 0 Å². The molecule has 0 heterocycles. The lowest BCUT2D eigenvalue weighted by atomic mass is 9.86. The van der Waals surface area contributed by atoms with Crippen LogP contribution in [0.4, 0.5) is 0 Å². The molecule has 0 aromatic heterocycles. The van der Waals surface area contributed by atoms with Gasteiger partial charge in [-0.3, -0.25) is 0 Å². The minimum absolute atomic E-state index is 0.758. The Morgan fingerprint density at radius 1 is 1.50 bits per heavy atom. The Bertz CT molecular complexity index is 127. The maximum Gasteiger partial charge on any atom is 0.0819 e. The van der Waals surface area contributed by atoms with Crippen LogP contribution in [0.25, 0.3) is 0 Å².